The van der Waals surface area contributed by atoms with E-state index >= 15 is 0 Å². The fourth-order valence-corrected chi connectivity index (χ4v) is 4.06. The van der Waals surface area contributed by atoms with E-state index < -0.39 is 23.8 Å². The zero-order valence-electron chi connectivity index (χ0n) is 18.5. The van der Waals surface area contributed by atoms with E-state index in [9.17, 15) is 24.8 Å². The highest BCUT2D eigenvalue weighted by Gasteiger charge is 2.39. The van der Waals surface area contributed by atoms with Crippen LogP contribution in [0.4, 0.5) is 5.69 Å². The molecule has 0 aliphatic carbocycles. The first-order valence-electron chi connectivity index (χ1n) is 10.8. The average molecular weight is 457 g/mol. The Hall–Kier alpha value is -4.45. The van der Waals surface area contributed by atoms with Crippen molar-refractivity contribution in [3.63, 3.8) is 0 Å². The van der Waals surface area contributed by atoms with Crippen molar-refractivity contribution in [1.29, 1.82) is 5.26 Å². The van der Waals surface area contributed by atoms with Gasteiger partial charge in [-0.3, -0.25) is 19.4 Å². The van der Waals surface area contributed by atoms with Gasteiger partial charge in [-0.2, -0.15) is 5.26 Å². The summed E-state index contributed by atoms with van der Waals surface area (Å²) in [6.07, 6.45) is 1.74. The number of hydrogen-bond acceptors (Lipinski definition) is 6. The quantitative estimate of drug-likeness (QED) is 0.606. The number of carbonyl (C=O) groups excluding carboxylic acids is 3. The molecule has 0 spiro atoms. The van der Waals surface area contributed by atoms with Gasteiger partial charge in [0.15, 0.2) is 5.75 Å². The van der Waals surface area contributed by atoms with Gasteiger partial charge in [-0.15, -0.1) is 0 Å². The Morgan fingerprint density at radius 1 is 1.18 bits per heavy atom. The Morgan fingerprint density at radius 3 is 2.68 bits per heavy atom. The number of carbonyl (C=O) groups is 3. The maximum absolute atomic E-state index is 13.0. The highest BCUT2D eigenvalue weighted by atomic mass is 16.3. The molecule has 2 unspecified atom stereocenters. The van der Waals surface area contributed by atoms with Gasteiger partial charge in [0.1, 0.15) is 11.6 Å². The minimum absolute atomic E-state index is 0.0277. The molecule has 1 aromatic heterocycles. The third kappa shape index (κ3) is 4.52. The highest BCUT2D eigenvalue weighted by molar-refractivity contribution is 6.03. The first kappa shape index (κ1) is 22.7. The smallest absolute Gasteiger partial charge is 0.257 e. The van der Waals surface area contributed by atoms with Gasteiger partial charge in [0, 0.05) is 30.9 Å². The monoisotopic (exact) mass is 457 g/mol. The number of hydrogen-bond donors (Lipinski definition) is 2. The number of pyridine rings is 1. The number of para-hydroxylation sites is 1. The summed E-state index contributed by atoms with van der Waals surface area (Å²) < 4.78 is 0. The predicted octanol–water partition coefficient (Wildman–Crippen LogP) is 2.39. The molecular formula is C25H23N5O4. The van der Waals surface area contributed by atoms with Crippen molar-refractivity contribution < 1.29 is 19.5 Å². The molecule has 34 heavy (non-hydrogen) atoms. The van der Waals surface area contributed by atoms with Crippen LogP contribution < -0.4 is 5.32 Å². The van der Waals surface area contributed by atoms with Gasteiger partial charge in [-0.05, 0) is 30.7 Å². The molecule has 172 valence electrons. The lowest BCUT2D eigenvalue weighted by Crippen LogP contribution is -2.43. The fourth-order valence-electron chi connectivity index (χ4n) is 4.06. The third-order valence-corrected chi connectivity index (χ3v) is 5.88. The van der Waals surface area contributed by atoms with Crippen LogP contribution in [0.25, 0.3) is 10.9 Å². The number of fused-ring (bicyclic) bond motifs is 1. The number of phenolic OH excluding ortho intramolecular Hbond substituents is 1. The van der Waals surface area contributed by atoms with Crippen molar-refractivity contribution >= 4 is 34.3 Å². The van der Waals surface area contributed by atoms with E-state index in [1.165, 1.54) is 29.1 Å². The van der Waals surface area contributed by atoms with Crippen LogP contribution >= 0.6 is 0 Å². The molecule has 1 saturated heterocycles. The van der Waals surface area contributed by atoms with Crippen LogP contribution in [-0.2, 0) is 9.59 Å². The first-order chi connectivity index (χ1) is 16.4. The maximum Gasteiger partial charge on any atom is 0.257 e. The Bertz CT molecular complexity index is 1290. The van der Waals surface area contributed by atoms with E-state index in [1.54, 1.807) is 42.5 Å². The molecule has 9 nitrogen and oxygen atoms in total. The number of nitriles is 1. The van der Waals surface area contributed by atoms with E-state index in [-0.39, 0.29) is 36.7 Å². The standard InChI is InChI=1S/C25H23N5O4/c1-29(25(34)20-10-9-16-6-5-11-27-22(16)23(20)32)15-21(31)30-14-17(12-19(30)13-26)24(33)28-18-7-3-2-4-8-18/h2-11,17,19,32H,12,14-15H2,1H3,(H,28,33). The van der Waals surface area contributed by atoms with Gasteiger partial charge in [0.25, 0.3) is 5.91 Å². The predicted molar refractivity (Wildman–Crippen MR) is 125 cm³/mol. The number of phenols is 1. The average Bonchev–Trinajstić information content (AvgIpc) is 3.30. The number of aromatic hydroxyl groups is 1. The van der Waals surface area contributed by atoms with Crippen molar-refractivity contribution in [2.75, 3.05) is 25.5 Å². The van der Waals surface area contributed by atoms with Gasteiger partial charge in [0.2, 0.25) is 11.8 Å². The second-order valence-corrected chi connectivity index (χ2v) is 8.18. The molecule has 0 radical (unpaired) electrons. The number of anilines is 1. The summed E-state index contributed by atoms with van der Waals surface area (Å²) in [4.78, 5) is 45.2. The van der Waals surface area contributed by atoms with Crippen molar-refractivity contribution in [2.24, 2.45) is 5.92 Å². The molecule has 1 fully saturated rings. The minimum Gasteiger partial charge on any atom is -0.505 e. The molecule has 1 aliphatic rings. The Kier molecular flexibility index (Phi) is 6.41. The number of amides is 3. The number of nitrogens with one attached hydrogen (secondary N) is 1. The molecule has 1 aliphatic heterocycles. The largest absolute Gasteiger partial charge is 0.505 e. The number of likely N-dealkylation sites (tertiary alicyclic amines) is 1. The third-order valence-electron chi connectivity index (χ3n) is 5.88. The molecule has 9 heteroatoms. The lowest BCUT2D eigenvalue weighted by molar-refractivity contribution is -0.131. The normalized spacial score (nSPS) is 17.2. The molecule has 2 heterocycles. The summed E-state index contributed by atoms with van der Waals surface area (Å²) in [6.45, 7) is -0.216. The second-order valence-electron chi connectivity index (χ2n) is 8.18. The lowest BCUT2D eigenvalue weighted by Gasteiger charge is -2.24. The van der Waals surface area contributed by atoms with E-state index in [2.05, 4.69) is 16.4 Å². The van der Waals surface area contributed by atoms with Crippen LogP contribution in [0.3, 0.4) is 0 Å². The first-order valence-corrected chi connectivity index (χ1v) is 10.8. The van der Waals surface area contributed by atoms with Crippen LogP contribution in [0.5, 0.6) is 5.75 Å². The number of nitrogens with zero attached hydrogens (tertiary/aromatic N) is 4. The van der Waals surface area contributed by atoms with Crippen molar-refractivity contribution in [3.8, 4) is 11.8 Å². The number of aromatic nitrogens is 1. The van der Waals surface area contributed by atoms with Crippen molar-refractivity contribution in [2.45, 2.75) is 12.5 Å². The zero-order valence-corrected chi connectivity index (χ0v) is 18.5. The van der Waals surface area contributed by atoms with Crippen LogP contribution in [0, 0.1) is 17.2 Å². The number of rotatable bonds is 5. The van der Waals surface area contributed by atoms with Crippen molar-refractivity contribution in [1.82, 2.24) is 14.8 Å². The molecule has 4 rings (SSSR count). The second kappa shape index (κ2) is 9.58. The molecule has 0 saturated carbocycles. The molecule has 2 atom stereocenters. The van der Waals surface area contributed by atoms with E-state index in [4.69, 9.17) is 0 Å². The van der Waals surface area contributed by atoms with E-state index in [0.717, 1.165) is 0 Å². The molecule has 3 aromatic rings. The van der Waals surface area contributed by atoms with Gasteiger partial charge >= 0.3 is 0 Å². The van der Waals surface area contributed by atoms with Gasteiger partial charge in [-0.1, -0.05) is 30.3 Å². The Labute approximate surface area is 196 Å². The molecular weight excluding hydrogens is 434 g/mol. The fraction of sp³-hybridized carbons (Fsp3) is 0.240. The molecule has 3 amide bonds. The maximum atomic E-state index is 13.0. The lowest BCUT2D eigenvalue weighted by atomic mass is 10.1. The highest BCUT2D eigenvalue weighted by Crippen LogP contribution is 2.28. The Balaban J connectivity index is 1.43. The molecule has 0 bridgehead atoms. The number of benzene rings is 2. The molecule has 2 N–H and O–H groups in total. The summed E-state index contributed by atoms with van der Waals surface area (Å²) >= 11 is 0. The summed E-state index contributed by atoms with van der Waals surface area (Å²) in [7, 11) is 1.44. The van der Waals surface area contributed by atoms with E-state index in [0.29, 0.717) is 16.6 Å². The van der Waals surface area contributed by atoms with E-state index in [1.807, 2.05) is 6.07 Å². The summed E-state index contributed by atoms with van der Waals surface area (Å²) in [6, 6.07) is 16.9. The van der Waals surface area contributed by atoms with Gasteiger partial charge in [-0.25, -0.2) is 0 Å². The van der Waals surface area contributed by atoms with Crippen LogP contribution in [0.2, 0.25) is 0 Å². The van der Waals surface area contributed by atoms with Crippen molar-refractivity contribution in [3.05, 3.63) is 66.4 Å². The SMILES string of the molecule is CN(CC(=O)N1CC(C(=O)Nc2ccccc2)CC1C#N)C(=O)c1ccc2cccnc2c1O. The van der Waals surface area contributed by atoms with Crippen LogP contribution in [0.15, 0.2) is 60.8 Å². The Morgan fingerprint density at radius 2 is 1.94 bits per heavy atom. The van der Waals surface area contributed by atoms with Crippen LogP contribution in [-0.4, -0.2) is 63.8 Å². The summed E-state index contributed by atoms with van der Waals surface area (Å²) in [5.41, 5.74) is 0.963. The summed E-state index contributed by atoms with van der Waals surface area (Å²) in [5.74, 6) is -2.05. The number of likely N-dealkylation sites (N-methyl/N-ethyl adjacent to an activating group) is 1. The zero-order chi connectivity index (χ0) is 24.2. The topological polar surface area (TPSA) is 127 Å². The summed E-state index contributed by atoms with van der Waals surface area (Å²) in [5, 5.41) is 23.5. The molecule has 2 aromatic carbocycles. The minimum atomic E-state index is -0.763. The van der Waals surface area contributed by atoms with Crippen LogP contribution in [0.1, 0.15) is 16.8 Å². The van der Waals surface area contributed by atoms with Gasteiger partial charge in [0.05, 0.1) is 24.1 Å². The van der Waals surface area contributed by atoms with Gasteiger partial charge < -0.3 is 20.2 Å².